The highest BCUT2D eigenvalue weighted by Crippen LogP contribution is 2.54. The first kappa shape index (κ1) is 16.5. The summed E-state index contributed by atoms with van der Waals surface area (Å²) in [6.07, 6.45) is 5.50. The van der Waals surface area contributed by atoms with Crippen molar-refractivity contribution in [1.29, 1.82) is 0 Å². The van der Waals surface area contributed by atoms with Gasteiger partial charge >= 0.3 is 7.82 Å². The van der Waals surface area contributed by atoms with Gasteiger partial charge in [-0.05, 0) is 69.6 Å². The molecule has 0 heterocycles. The monoisotopic (exact) mass is 314 g/mol. The third-order valence-electron chi connectivity index (χ3n) is 3.82. The highest BCUT2D eigenvalue weighted by Gasteiger charge is 2.35. The maximum absolute atomic E-state index is 12.5. The van der Waals surface area contributed by atoms with E-state index in [-0.39, 0.29) is 19.0 Å². The first-order valence-corrected chi connectivity index (χ1v) is 8.98. The molecule has 118 valence electrons. The summed E-state index contributed by atoms with van der Waals surface area (Å²) in [7, 11) is -3.61. The third-order valence-corrected chi connectivity index (χ3v) is 5.39. The molecule has 0 unspecified atom stereocenters. The molecule has 5 nitrogen and oxygen atoms in total. The van der Waals surface area contributed by atoms with Gasteiger partial charge < -0.3 is 4.52 Å². The predicted octanol–water partition coefficient (Wildman–Crippen LogP) is 4.16. The fraction of sp³-hybridized carbons (Fsp3) is 0.667. The maximum Gasteiger partial charge on any atom is 0.530 e. The smallest absolute Gasteiger partial charge is 0.404 e. The number of phosphoric acid groups is 1. The minimum Gasteiger partial charge on any atom is -0.404 e. The molecule has 0 aromatic rings. The Balaban J connectivity index is 2.29. The van der Waals surface area contributed by atoms with E-state index in [9.17, 15) is 9.36 Å². The van der Waals surface area contributed by atoms with Crippen LogP contribution in [0.1, 0.15) is 46.5 Å². The van der Waals surface area contributed by atoms with E-state index >= 15 is 0 Å². The zero-order valence-electron chi connectivity index (χ0n) is 12.9. The first-order valence-electron chi connectivity index (χ1n) is 7.52. The number of carbonyl (C=O) groups is 1. The molecule has 2 aliphatic carbocycles. The lowest BCUT2D eigenvalue weighted by molar-refractivity contribution is -0.113. The Labute approximate surface area is 126 Å². The molecule has 0 saturated heterocycles. The van der Waals surface area contributed by atoms with Crippen molar-refractivity contribution in [3.05, 3.63) is 23.0 Å². The van der Waals surface area contributed by atoms with Crippen LogP contribution in [0.2, 0.25) is 0 Å². The van der Waals surface area contributed by atoms with Gasteiger partial charge in [-0.3, -0.25) is 13.8 Å². The molecule has 0 aliphatic heterocycles. The Morgan fingerprint density at radius 1 is 1.33 bits per heavy atom. The standard InChI is InChI=1S/C15H23O5P/c1-4-18-21(17,19-5-2)20-15-10-13(11(3)16)9-12-7-6-8-14(12)15/h10,12H,4-9H2,1-3H3/t12-/m1/s1. The molecular weight excluding hydrogens is 291 g/mol. The van der Waals surface area contributed by atoms with Crippen LogP contribution in [0, 0.1) is 5.92 Å². The fourth-order valence-corrected chi connectivity index (χ4v) is 4.12. The summed E-state index contributed by atoms with van der Waals surface area (Å²) in [6.45, 7) is 5.51. The molecule has 1 atom stereocenters. The summed E-state index contributed by atoms with van der Waals surface area (Å²) < 4.78 is 28.5. The first-order chi connectivity index (χ1) is 9.99. The number of fused-ring (bicyclic) bond motifs is 1. The lowest BCUT2D eigenvalue weighted by Gasteiger charge is -2.25. The van der Waals surface area contributed by atoms with E-state index in [0.29, 0.717) is 11.7 Å². The van der Waals surface area contributed by atoms with Gasteiger partial charge in [-0.2, -0.15) is 0 Å². The van der Waals surface area contributed by atoms with Crippen LogP contribution >= 0.6 is 7.82 Å². The van der Waals surface area contributed by atoms with Crippen molar-refractivity contribution >= 4 is 13.6 Å². The molecule has 1 fully saturated rings. The highest BCUT2D eigenvalue weighted by atomic mass is 31.2. The fourth-order valence-electron chi connectivity index (χ4n) is 2.90. The molecule has 0 bridgehead atoms. The molecule has 21 heavy (non-hydrogen) atoms. The second-order valence-corrected chi connectivity index (χ2v) is 6.88. The van der Waals surface area contributed by atoms with Crippen molar-refractivity contribution in [3.63, 3.8) is 0 Å². The Morgan fingerprint density at radius 2 is 2.00 bits per heavy atom. The average molecular weight is 314 g/mol. The average Bonchev–Trinajstić information content (AvgIpc) is 2.87. The van der Waals surface area contributed by atoms with E-state index in [1.54, 1.807) is 26.8 Å². The van der Waals surface area contributed by atoms with Crippen molar-refractivity contribution in [2.24, 2.45) is 5.92 Å². The molecule has 0 aromatic carbocycles. The van der Waals surface area contributed by atoms with E-state index in [0.717, 1.165) is 36.8 Å². The zero-order chi connectivity index (χ0) is 15.5. The van der Waals surface area contributed by atoms with Gasteiger partial charge in [0.1, 0.15) is 5.76 Å². The zero-order valence-corrected chi connectivity index (χ0v) is 13.8. The number of hydrogen-bond donors (Lipinski definition) is 0. The minimum absolute atomic E-state index is 0.0321. The molecule has 0 amide bonds. The van der Waals surface area contributed by atoms with Gasteiger partial charge in [-0.25, -0.2) is 4.57 Å². The van der Waals surface area contributed by atoms with Crippen LogP contribution in [-0.2, 0) is 22.9 Å². The highest BCUT2D eigenvalue weighted by molar-refractivity contribution is 7.48. The third kappa shape index (κ3) is 3.85. The van der Waals surface area contributed by atoms with E-state index in [4.69, 9.17) is 13.6 Å². The van der Waals surface area contributed by atoms with E-state index in [1.165, 1.54) is 0 Å². The number of phosphoric ester groups is 1. The molecule has 0 N–H and O–H groups in total. The summed E-state index contributed by atoms with van der Waals surface area (Å²) >= 11 is 0. The number of rotatable bonds is 7. The Hall–Kier alpha value is -0.900. The molecule has 6 heteroatoms. The summed E-state index contributed by atoms with van der Waals surface area (Å²) in [5, 5.41) is 0. The second kappa shape index (κ2) is 6.91. The van der Waals surface area contributed by atoms with Gasteiger partial charge in [0.05, 0.1) is 13.2 Å². The van der Waals surface area contributed by atoms with E-state index in [2.05, 4.69) is 0 Å². The quantitative estimate of drug-likeness (QED) is 0.660. The lowest BCUT2D eigenvalue weighted by Crippen LogP contribution is -2.13. The van der Waals surface area contributed by atoms with Gasteiger partial charge in [0.25, 0.3) is 0 Å². The van der Waals surface area contributed by atoms with E-state index in [1.807, 2.05) is 0 Å². The number of ketones is 1. The van der Waals surface area contributed by atoms with Crippen molar-refractivity contribution in [3.8, 4) is 0 Å². The van der Waals surface area contributed by atoms with Gasteiger partial charge in [-0.1, -0.05) is 0 Å². The minimum atomic E-state index is -3.61. The van der Waals surface area contributed by atoms with E-state index < -0.39 is 7.82 Å². The van der Waals surface area contributed by atoms with Crippen molar-refractivity contribution in [2.45, 2.75) is 46.5 Å². The Bertz CT molecular complexity index is 510. The normalized spacial score (nSPS) is 22.0. The van der Waals surface area contributed by atoms with Crippen LogP contribution < -0.4 is 0 Å². The maximum atomic E-state index is 12.5. The van der Waals surface area contributed by atoms with Crippen molar-refractivity contribution < 1.29 is 22.9 Å². The van der Waals surface area contributed by atoms with Crippen LogP contribution in [0.5, 0.6) is 0 Å². The molecule has 0 radical (unpaired) electrons. The van der Waals surface area contributed by atoms with Gasteiger partial charge in [0.2, 0.25) is 0 Å². The number of carbonyl (C=O) groups excluding carboxylic acids is 1. The van der Waals surface area contributed by atoms with Crippen molar-refractivity contribution in [2.75, 3.05) is 13.2 Å². The Kier molecular flexibility index (Phi) is 5.42. The van der Waals surface area contributed by atoms with Crippen LogP contribution in [0.15, 0.2) is 23.0 Å². The number of allylic oxidation sites excluding steroid dienone is 3. The SMILES string of the molecule is CCOP(=O)(OCC)OC1=C2CCC[C@@H]2CC(C(C)=O)=C1. The van der Waals surface area contributed by atoms with Gasteiger partial charge in [0, 0.05) is 0 Å². The number of Topliss-reactive ketones (excluding diaryl/α,β-unsaturated/α-hetero) is 1. The predicted molar refractivity (Wildman–Crippen MR) is 79.7 cm³/mol. The summed E-state index contributed by atoms with van der Waals surface area (Å²) in [4.78, 5) is 11.7. The largest absolute Gasteiger partial charge is 0.530 e. The molecule has 2 aliphatic rings. The molecule has 0 spiro atoms. The van der Waals surface area contributed by atoms with Crippen LogP contribution in [-0.4, -0.2) is 19.0 Å². The Morgan fingerprint density at radius 3 is 2.57 bits per heavy atom. The summed E-state index contributed by atoms with van der Waals surface area (Å²) in [6, 6.07) is 0. The molecule has 1 saturated carbocycles. The summed E-state index contributed by atoms with van der Waals surface area (Å²) in [5.74, 6) is 0.865. The van der Waals surface area contributed by atoms with Crippen LogP contribution in [0.25, 0.3) is 0 Å². The summed E-state index contributed by atoms with van der Waals surface area (Å²) in [5.41, 5.74) is 1.86. The number of hydrogen-bond acceptors (Lipinski definition) is 5. The van der Waals surface area contributed by atoms with Crippen LogP contribution in [0.4, 0.5) is 0 Å². The second-order valence-electron chi connectivity index (χ2n) is 5.28. The lowest BCUT2D eigenvalue weighted by atomic mass is 9.87. The van der Waals surface area contributed by atoms with Crippen molar-refractivity contribution in [1.82, 2.24) is 0 Å². The van der Waals surface area contributed by atoms with Gasteiger partial charge in [-0.15, -0.1) is 0 Å². The van der Waals surface area contributed by atoms with Gasteiger partial charge in [0.15, 0.2) is 5.78 Å². The topological polar surface area (TPSA) is 61.8 Å². The molecular formula is C15H23O5P. The molecule has 2 rings (SSSR count). The molecule has 0 aromatic heterocycles. The van der Waals surface area contributed by atoms with Crippen LogP contribution in [0.3, 0.4) is 0 Å².